The summed E-state index contributed by atoms with van der Waals surface area (Å²) in [4.78, 5) is 0. The molecule has 0 nitrogen and oxygen atoms in total. The molecule has 0 radical (unpaired) electrons. The van der Waals surface area contributed by atoms with Crippen molar-refractivity contribution in [2.45, 2.75) is 39.0 Å². The molecule has 1 aliphatic rings. The molecule has 1 aliphatic carbocycles. The summed E-state index contributed by atoms with van der Waals surface area (Å²) >= 11 is 0. The highest BCUT2D eigenvalue weighted by molar-refractivity contribution is 5.73. The molecule has 0 saturated carbocycles. The highest BCUT2D eigenvalue weighted by Gasteiger charge is 2.22. The van der Waals surface area contributed by atoms with Gasteiger partial charge in [-0.1, -0.05) is 63.3 Å². The molecule has 0 bridgehead atoms. The molecule has 1 aromatic rings. The summed E-state index contributed by atoms with van der Waals surface area (Å²) < 4.78 is 0. The van der Waals surface area contributed by atoms with E-state index in [4.69, 9.17) is 0 Å². The Bertz CT molecular complexity index is 433. The van der Waals surface area contributed by atoms with Crippen LogP contribution in [-0.2, 0) is 5.41 Å². The minimum Gasteiger partial charge on any atom is -0.0801 e. The van der Waals surface area contributed by atoms with Crippen molar-refractivity contribution >= 4 is 5.57 Å². The van der Waals surface area contributed by atoms with Crippen LogP contribution >= 0.6 is 0 Å². The van der Waals surface area contributed by atoms with E-state index in [1.807, 2.05) is 0 Å². The number of benzene rings is 1. The van der Waals surface area contributed by atoms with Crippen LogP contribution in [0.2, 0.25) is 0 Å². The third-order valence-corrected chi connectivity index (χ3v) is 3.66. The topological polar surface area (TPSA) is 0 Å². The zero-order chi connectivity index (χ0) is 11.6. The lowest BCUT2D eigenvalue weighted by atomic mass is 9.78. The second kappa shape index (κ2) is 4.29. The van der Waals surface area contributed by atoms with Crippen molar-refractivity contribution in [2.75, 3.05) is 0 Å². The zero-order valence-corrected chi connectivity index (χ0v) is 10.5. The Labute approximate surface area is 98.7 Å². The molecule has 0 N–H and O–H groups in total. The van der Waals surface area contributed by atoms with Crippen molar-refractivity contribution in [3.05, 3.63) is 53.6 Å². The first kappa shape index (κ1) is 11.2. The summed E-state index contributed by atoms with van der Waals surface area (Å²) in [6.45, 7) is 6.92. The molecule has 16 heavy (non-hydrogen) atoms. The van der Waals surface area contributed by atoms with E-state index in [2.05, 4.69) is 63.3 Å². The Morgan fingerprint density at radius 1 is 1.19 bits per heavy atom. The Balaban J connectivity index is 2.46. The lowest BCUT2D eigenvalue weighted by Gasteiger charge is -2.26. The summed E-state index contributed by atoms with van der Waals surface area (Å²) in [6.07, 6.45) is 8.88. The van der Waals surface area contributed by atoms with Gasteiger partial charge >= 0.3 is 0 Å². The van der Waals surface area contributed by atoms with Gasteiger partial charge in [-0.25, -0.2) is 0 Å². The maximum atomic E-state index is 2.33. The number of hydrogen-bond donors (Lipinski definition) is 0. The van der Waals surface area contributed by atoms with Gasteiger partial charge in [0.1, 0.15) is 0 Å². The van der Waals surface area contributed by atoms with Crippen LogP contribution in [-0.4, -0.2) is 0 Å². The van der Waals surface area contributed by atoms with Gasteiger partial charge in [0, 0.05) is 0 Å². The Kier molecular flexibility index (Phi) is 3.00. The standard InChI is InChI=1S/C16H20/c1-4-16(2,3)15-12-8-7-11-14(15)13-9-5-6-10-13/h5-9,11-12H,4,10H2,1-3H3. The number of hydrogen-bond acceptors (Lipinski definition) is 0. The van der Waals surface area contributed by atoms with Crippen LogP contribution in [0.4, 0.5) is 0 Å². The predicted molar refractivity (Wildman–Crippen MR) is 71.5 cm³/mol. The average molecular weight is 212 g/mol. The van der Waals surface area contributed by atoms with Gasteiger partial charge in [-0.05, 0) is 35.0 Å². The SMILES string of the molecule is CCC(C)(C)c1ccccc1C1=CC=CC1. The zero-order valence-electron chi connectivity index (χ0n) is 10.5. The molecular formula is C16H20. The summed E-state index contributed by atoms with van der Waals surface area (Å²) in [7, 11) is 0. The van der Waals surface area contributed by atoms with Gasteiger partial charge in [-0.2, -0.15) is 0 Å². The van der Waals surface area contributed by atoms with Crippen molar-refractivity contribution in [1.29, 1.82) is 0 Å². The van der Waals surface area contributed by atoms with E-state index < -0.39 is 0 Å². The third kappa shape index (κ3) is 1.97. The molecule has 0 heteroatoms. The van der Waals surface area contributed by atoms with Gasteiger partial charge < -0.3 is 0 Å². The first-order valence-electron chi connectivity index (χ1n) is 6.11. The first-order chi connectivity index (χ1) is 7.65. The maximum absolute atomic E-state index is 2.33. The van der Waals surface area contributed by atoms with E-state index in [0.29, 0.717) is 0 Å². The molecule has 0 atom stereocenters. The summed E-state index contributed by atoms with van der Waals surface area (Å²) in [5.74, 6) is 0. The monoisotopic (exact) mass is 212 g/mol. The van der Waals surface area contributed by atoms with E-state index in [1.54, 1.807) is 0 Å². The summed E-state index contributed by atoms with van der Waals surface area (Å²) in [5.41, 5.74) is 4.63. The minimum absolute atomic E-state index is 0.264. The third-order valence-electron chi connectivity index (χ3n) is 3.66. The summed E-state index contributed by atoms with van der Waals surface area (Å²) in [5, 5.41) is 0. The summed E-state index contributed by atoms with van der Waals surface area (Å²) in [6, 6.07) is 8.83. The molecular weight excluding hydrogens is 192 g/mol. The second-order valence-electron chi connectivity index (χ2n) is 5.11. The van der Waals surface area contributed by atoms with E-state index in [0.717, 1.165) is 6.42 Å². The smallest absolute Gasteiger partial charge is 0.00883 e. The molecule has 0 amide bonds. The fourth-order valence-electron chi connectivity index (χ4n) is 2.19. The highest BCUT2D eigenvalue weighted by atomic mass is 14.3. The molecule has 84 valence electrons. The number of rotatable bonds is 3. The lowest BCUT2D eigenvalue weighted by molar-refractivity contribution is 0.505. The maximum Gasteiger partial charge on any atom is -0.00883 e. The quantitative estimate of drug-likeness (QED) is 0.680. The van der Waals surface area contributed by atoms with Crippen molar-refractivity contribution < 1.29 is 0 Å². The fourth-order valence-corrected chi connectivity index (χ4v) is 2.19. The van der Waals surface area contributed by atoms with Crippen LogP contribution in [0, 0.1) is 0 Å². The Hall–Kier alpha value is -1.30. The van der Waals surface area contributed by atoms with Gasteiger partial charge in [0.25, 0.3) is 0 Å². The highest BCUT2D eigenvalue weighted by Crippen LogP contribution is 2.35. The van der Waals surface area contributed by atoms with Crippen molar-refractivity contribution in [3.8, 4) is 0 Å². The van der Waals surface area contributed by atoms with Crippen molar-refractivity contribution in [2.24, 2.45) is 0 Å². The molecule has 0 saturated heterocycles. The first-order valence-corrected chi connectivity index (χ1v) is 6.11. The van der Waals surface area contributed by atoms with Gasteiger partial charge in [0.05, 0.1) is 0 Å². The fraction of sp³-hybridized carbons (Fsp3) is 0.375. The largest absolute Gasteiger partial charge is 0.0801 e. The molecule has 0 aromatic heterocycles. The van der Waals surface area contributed by atoms with E-state index in [-0.39, 0.29) is 5.41 Å². The molecule has 0 unspecified atom stereocenters. The van der Waals surface area contributed by atoms with Crippen LogP contribution < -0.4 is 0 Å². The Morgan fingerprint density at radius 3 is 2.56 bits per heavy atom. The molecule has 0 aliphatic heterocycles. The van der Waals surface area contributed by atoms with Gasteiger partial charge in [0.2, 0.25) is 0 Å². The molecule has 0 fully saturated rings. The normalized spacial score (nSPS) is 15.3. The van der Waals surface area contributed by atoms with E-state index in [1.165, 1.54) is 23.1 Å². The number of allylic oxidation sites excluding steroid dienone is 4. The van der Waals surface area contributed by atoms with Crippen LogP contribution in [0.25, 0.3) is 5.57 Å². The van der Waals surface area contributed by atoms with E-state index >= 15 is 0 Å². The van der Waals surface area contributed by atoms with Gasteiger partial charge in [-0.3, -0.25) is 0 Å². The predicted octanol–water partition coefficient (Wildman–Crippen LogP) is 4.72. The lowest BCUT2D eigenvalue weighted by Crippen LogP contribution is -2.17. The molecule has 2 rings (SSSR count). The Morgan fingerprint density at radius 2 is 1.94 bits per heavy atom. The average Bonchev–Trinajstić information content (AvgIpc) is 2.82. The van der Waals surface area contributed by atoms with Gasteiger partial charge in [0.15, 0.2) is 0 Å². The van der Waals surface area contributed by atoms with Crippen molar-refractivity contribution in [1.82, 2.24) is 0 Å². The van der Waals surface area contributed by atoms with E-state index in [9.17, 15) is 0 Å². The minimum atomic E-state index is 0.264. The van der Waals surface area contributed by atoms with Gasteiger partial charge in [-0.15, -0.1) is 0 Å². The van der Waals surface area contributed by atoms with Crippen LogP contribution in [0.3, 0.4) is 0 Å². The van der Waals surface area contributed by atoms with Crippen molar-refractivity contribution in [3.63, 3.8) is 0 Å². The van der Waals surface area contributed by atoms with Crippen LogP contribution in [0.5, 0.6) is 0 Å². The van der Waals surface area contributed by atoms with Crippen LogP contribution in [0.15, 0.2) is 42.5 Å². The molecule has 0 spiro atoms. The second-order valence-corrected chi connectivity index (χ2v) is 5.11. The molecule has 0 heterocycles. The van der Waals surface area contributed by atoms with Crippen LogP contribution in [0.1, 0.15) is 44.7 Å². The molecule has 1 aromatic carbocycles.